The fourth-order valence-corrected chi connectivity index (χ4v) is 4.43. The Morgan fingerprint density at radius 2 is 2.05 bits per heavy atom. The van der Waals surface area contributed by atoms with Crippen molar-refractivity contribution in [2.24, 2.45) is 0 Å². The van der Waals surface area contributed by atoms with Crippen LogP contribution in [0.5, 0.6) is 0 Å². The summed E-state index contributed by atoms with van der Waals surface area (Å²) < 4.78 is 40.0. The second-order valence-electron chi connectivity index (χ2n) is 4.28. The van der Waals surface area contributed by atoms with E-state index < -0.39 is 15.8 Å². The minimum Gasteiger partial charge on any atom is -0.255 e. The van der Waals surface area contributed by atoms with Gasteiger partial charge < -0.3 is 0 Å². The van der Waals surface area contributed by atoms with Crippen molar-refractivity contribution in [1.29, 1.82) is 0 Å². The molecule has 0 aliphatic heterocycles. The lowest BCUT2D eigenvalue weighted by molar-refractivity contribution is 0.570. The maximum atomic E-state index is 13.5. The van der Waals surface area contributed by atoms with Gasteiger partial charge in [0.25, 0.3) is 10.0 Å². The zero-order valence-corrected chi connectivity index (χ0v) is 11.5. The predicted molar refractivity (Wildman–Crippen MR) is 71.3 cm³/mol. The van der Waals surface area contributed by atoms with Crippen molar-refractivity contribution in [1.82, 2.24) is 4.98 Å². The Morgan fingerprint density at radius 3 is 2.79 bits per heavy atom. The Bertz CT molecular complexity index is 704. The number of nitrogens with one attached hydrogen (secondary N) is 1. The van der Waals surface area contributed by atoms with Crippen LogP contribution in [0.3, 0.4) is 0 Å². The molecule has 1 heterocycles. The number of thiazole rings is 1. The topological polar surface area (TPSA) is 59.1 Å². The first-order chi connectivity index (χ1) is 9.06. The van der Waals surface area contributed by atoms with Crippen LogP contribution >= 0.6 is 11.3 Å². The monoisotopic (exact) mass is 298 g/mol. The Balaban J connectivity index is 1.91. The number of hydrogen-bond acceptors (Lipinski definition) is 4. The largest absolute Gasteiger partial charge is 0.266 e. The van der Waals surface area contributed by atoms with Crippen LogP contribution in [0.1, 0.15) is 17.0 Å². The molecule has 1 aliphatic rings. The molecule has 0 atom stereocenters. The summed E-state index contributed by atoms with van der Waals surface area (Å²) in [5.74, 6) is -0.765. The van der Waals surface area contributed by atoms with Crippen molar-refractivity contribution in [3.63, 3.8) is 0 Å². The SMILES string of the molecule is O=S(=O)(Nc1nc2c(s1)CCC2)c1ccccc1F. The summed E-state index contributed by atoms with van der Waals surface area (Å²) in [5.41, 5.74) is 0.955. The molecule has 0 bridgehead atoms. The molecule has 4 nitrogen and oxygen atoms in total. The van der Waals surface area contributed by atoms with Gasteiger partial charge in [-0.3, -0.25) is 4.72 Å². The number of aryl methyl sites for hydroxylation is 2. The van der Waals surface area contributed by atoms with Gasteiger partial charge in [-0.15, -0.1) is 11.3 Å². The molecule has 0 saturated heterocycles. The van der Waals surface area contributed by atoms with E-state index in [1.165, 1.54) is 29.5 Å². The number of rotatable bonds is 3. The smallest absolute Gasteiger partial charge is 0.255 e. The standard InChI is InChI=1S/C12H11FN2O2S2/c13-8-4-1-2-7-11(8)19(16,17)15-12-14-9-5-3-6-10(9)18-12/h1-2,4,7H,3,5-6H2,(H,14,15). The minimum atomic E-state index is -3.91. The Labute approximate surface area is 114 Å². The van der Waals surface area contributed by atoms with Gasteiger partial charge >= 0.3 is 0 Å². The Kier molecular flexibility index (Phi) is 3.02. The van der Waals surface area contributed by atoms with E-state index in [-0.39, 0.29) is 4.90 Å². The second-order valence-corrected chi connectivity index (χ2v) is 7.01. The Morgan fingerprint density at radius 1 is 1.26 bits per heavy atom. The lowest BCUT2D eigenvalue weighted by Gasteiger charge is -2.05. The molecular weight excluding hydrogens is 287 g/mol. The molecule has 1 aliphatic carbocycles. The van der Waals surface area contributed by atoms with Gasteiger partial charge in [0, 0.05) is 4.88 Å². The molecule has 7 heteroatoms. The van der Waals surface area contributed by atoms with Crippen LogP contribution in [0.2, 0.25) is 0 Å². The molecule has 0 amide bonds. The van der Waals surface area contributed by atoms with Gasteiger partial charge in [-0.1, -0.05) is 12.1 Å². The van der Waals surface area contributed by atoms with Crippen LogP contribution in [0.15, 0.2) is 29.2 Å². The normalized spacial score (nSPS) is 14.4. The third kappa shape index (κ3) is 2.35. The van der Waals surface area contributed by atoms with E-state index in [1.807, 2.05) is 0 Å². The van der Waals surface area contributed by atoms with Crippen LogP contribution in [-0.2, 0) is 22.9 Å². The van der Waals surface area contributed by atoms with Gasteiger partial charge in [0.1, 0.15) is 10.7 Å². The zero-order valence-electron chi connectivity index (χ0n) is 9.89. The number of fused-ring (bicyclic) bond motifs is 1. The fourth-order valence-electron chi connectivity index (χ4n) is 2.07. The molecule has 0 saturated carbocycles. The summed E-state index contributed by atoms with van der Waals surface area (Å²) >= 11 is 1.33. The van der Waals surface area contributed by atoms with Crippen molar-refractivity contribution >= 4 is 26.5 Å². The lowest BCUT2D eigenvalue weighted by atomic mass is 10.4. The first-order valence-corrected chi connectivity index (χ1v) is 8.12. The van der Waals surface area contributed by atoms with Crippen LogP contribution in [0.4, 0.5) is 9.52 Å². The van der Waals surface area contributed by atoms with Gasteiger partial charge in [-0.25, -0.2) is 17.8 Å². The molecule has 3 rings (SSSR count). The van der Waals surface area contributed by atoms with Crippen LogP contribution < -0.4 is 4.72 Å². The van der Waals surface area contributed by atoms with E-state index >= 15 is 0 Å². The number of hydrogen-bond donors (Lipinski definition) is 1. The number of benzene rings is 1. The second kappa shape index (κ2) is 4.57. The van der Waals surface area contributed by atoms with E-state index in [4.69, 9.17) is 0 Å². The van der Waals surface area contributed by atoms with Gasteiger partial charge in [-0.05, 0) is 31.4 Å². The molecule has 0 spiro atoms. The van der Waals surface area contributed by atoms with Crippen LogP contribution in [-0.4, -0.2) is 13.4 Å². The summed E-state index contributed by atoms with van der Waals surface area (Å²) in [6.45, 7) is 0. The molecule has 0 fully saturated rings. The summed E-state index contributed by atoms with van der Waals surface area (Å²) in [7, 11) is -3.91. The van der Waals surface area contributed by atoms with Crippen molar-refractivity contribution in [2.75, 3.05) is 4.72 Å². The average Bonchev–Trinajstić information content (AvgIpc) is 2.89. The van der Waals surface area contributed by atoms with Crippen molar-refractivity contribution in [2.45, 2.75) is 24.2 Å². The van der Waals surface area contributed by atoms with Crippen LogP contribution in [0.25, 0.3) is 0 Å². The predicted octanol–water partition coefficient (Wildman–Crippen LogP) is 2.57. The average molecular weight is 298 g/mol. The zero-order chi connectivity index (χ0) is 13.5. The molecule has 2 aromatic rings. The molecule has 19 heavy (non-hydrogen) atoms. The number of nitrogens with zero attached hydrogens (tertiary/aromatic N) is 1. The lowest BCUT2D eigenvalue weighted by Crippen LogP contribution is -2.14. The van der Waals surface area contributed by atoms with Crippen molar-refractivity contribution in [3.8, 4) is 0 Å². The number of sulfonamides is 1. The number of aromatic nitrogens is 1. The third-order valence-electron chi connectivity index (χ3n) is 2.94. The molecule has 0 radical (unpaired) electrons. The summed E-state index contributed by atoms with van der Waals surface area (Å²) in [4.78, 5) is 5.00. The molecule has 1 N–H and O–H groups in total. The molecule has 1 aromatic heterocycles. The quantitative estimate of drug-likeness (QED) is 0.947. The first kappa shape index (κ1) is 12.6. The van der Waals surface area contributed by atoms with E-state index in [0.29, 0.717) is 5.13 Å². The summed E-state index contributed by atoms with van der Waals surface area (Å²) in [6, 6.07) is 5.29. The van der Waals surface area contributed by atoms with Crippen molar-refractivity contribution < 1.29 is 12.8 Å². The summed E-state index contributed by atoms with van der Waals surface area (Å²) in [6.07, 6.45) is 2.89. The van der Waals surface area contributed by atoms with E-state index in [0.717, 1.165) is 35.9 Å². The maximum absolute atomic E-state index is 13.5. The van der Waals surface area contributed by atoms with Gasteiger partial charge in [0.05, 0.1) is 5.69 Å². The molecule has 0 unspecified atom stereocenters. The third-order valence-corrected chi connectivity index (χ3v) is 5.52. The highest BCUT2D eigenvalue weighted by Gasteiger charge is 2.22. The highest BCUT2D eigenvalue weighted by atomic mass is 32.2. The first-order valence-electron chi connectivity index (χ1n) is 5.82. The molecular formula is C12H11FN2O2S2. The van der Waals surface area contributed by atoms with Gasteiger partial charge in [0.2, 0.25) is 0 Å². The number of halogens is 1. The highest BCUT2D eigenvalue weighted by molar-refractivity contribution is 7.93. The maximum Gasteiger partial charge on any atom is 0.266 e. The summed E-state index contributed by atoms with van der Waals surface area (Å²) in [5, 5.41) is 0.313. The molecule has 100 valence electrons. The molecule has 1 aromatic carbocycles. The van der Waals surface area contributed by atoms with E-state index in [9.17, 15) is 12.8 Å². The van der Waals surface area contributed by atoms with Crippen molar-refractivity contribution in [3.05, 3.63) is 40.7 Å². The highest BCUT2D eigenvalue weighted by Crippen LogP contribution is 2.31. The van der Waals surface area contributed by atoms with E-state index in [1.54, 1.807) is 0 Å². The fraction of sp³-hybridized carbons (Fsp3) is 0.250. The van der Waals surface area contributed by atoms with Gasteiger partial charge in [0.15, 0.2) is 5.13 Å². The van der Waals surface area contributed by atoms with Gasteiger partial charge in [-0.2, -0.15) is 0 Å². The number of anilines is 1. The van der Waals surface area contributed by atoms with Crippen LogP contribution in [0, 0.1) is 5.82 Å². The van der Waals surface area contributed by atoms with E-state index in [2.05, 4.69) is 9.71 Å². The minimum absolute atomic E-state index is 0.313. The Hall–Kier alpha value is -1.47.